The van der Waals surface area contributed by atoms with Crippen molar-refractivity contribution in [2.75, 3.05) is 0 Å². The van der Waals surface area contributed by atoms with Crippen LogP contribution in [-0.4, -0.2) is 11.3 Å². The van der Waals surface area contributed by atoms with Crippen molar-refractivity contribution in [3.05, 3.63) is 36.1 Å². The second-order valence-electron chi connectivity index (χ2n) is 5.87. The first-order valence-corrected chi connectivity index (χ1v) is 8.09. The number of rotatable bonds is 6. The zero-order valence-electron chi connectivity index (χ0n) is 13.5. The van der Waals surface area contributed by atoms with E-state index < -0.39 is 0 Å². The molecule has 0 saturated heterocycles. The van der Waals surface area contributed by atoms with Crippen LogP contribution in [0.3, 0.4) is 0 Å². The maximum absolute atomic E-state index is 5.26. The van der Waals surface area contributed by atoms with Crippen molar-refractivity contribution in [2.24, 2.45) is 22.9 Å². The van der Waals surface area contributed by atoms with Gasteiger partial charge in [-0.25, -0.2) is 0 Å². The highest BCUT2D eigenvalue weighted by molar-refractivity contribution is 7.80. The maximum atomic E-state index is 5.26. The Labute approximate surface area is 134 Å². The van der Waals surface area contributed by atoms with E-state index in [-0.39, 0.29) is 0 Å². The summed E-state index contributed by atoms with van der Waals surface area (Å²) in [5.74, 6) is 1.58. The molecule has 2 atom stereocenters. The van der Waals surface area contributed by atoms with Crippen LogP contribution in [0.4, 0.5) is 0 Å². The molecule has 0 heterocycles. The minimum atomic E-state index is 0.393. The molecular weight excluding hydrogens is 278 g/mol. The predicted molar refractivity (Wildman–Crippen MR) is 96.1 cm³/mol. The van der Waals surface area contributed by atoms with Crippen molar-refractivity contribution in [2.45, 2.75) is 40.5 Å². The molecule has 0 fully saturated rings. The van der Waals surface area contributed by atoms with Crippen molar-refractivity contribution >= 4 is 23.5 Å². The lowest BCUT2D eigenvalue weighted by Crippen LogP contribution is -2.31. The van der Waals surface area contributed by atoms with Crippen LogP contribution in [-0.2, 0) is 0 Å². The number of nitrogens with one attached hydrogen (secondary N) is 2. The van der Waals surface area contributed by atoms with E-state index in [1.807, 2.05) is 24.4 Å². The third kappa shape index (κ3) is 7.81. The highest BCUT2D eigenvalue weighted by Crippen LogP contribution is 2.12. The summed E-state index contributed by atoms with van der Waals surface area (Å²) in [4.78, 5) is 0. The first-order valence-electron chi connectivity index (χ1n) is 7.68. The second kappa shape index (κ2) is 9.50. The fourth-order valence-corrected chi connectivity index (χ4v) is 2.35. The van der Waals surface area contributed by atoms with Crippen LogP contribution < -0.4 is 10.7 Å². The minimum absolute atomic E-state index is 0.393. The van der Waals surface area contributed by atoms with Crippen LogP contribution >= 0.6 is 12.2 Å². The van der Waals surface area contributed by atoms with Crippen molar-refractivity contribution in [3.63, 3.8) is 0 Å². The number of hydrogen-bond donors (Lipinski definition) is 2. The predicted octanol–water partition coefficient (Wildman–Crippen LogP) is 4.15. The highest BCUT2D eigenvalue weighted by atomic mass is 32.1. The summed E-state index contributed by atoms with van der Waals surface area (Å²) in [6.45, 7) is 8.79. The molecule has 2 unspecified atom stereocenters. The fourth-order valence-electron chi connectivity index (χ4n) is 2.18. The Hall–Kier alpha value is -1.42. The molecule has 1 rings (SSSR count). The quantitative estimate of drug-likeness (QED) is 0.439. The summed E-state index contributed by atoms with van der Waals surface area (Å²) in [5, 5.41) is 7.94. The van der Waals surface area contributed by atoms with E-state index in [2.05, 4.69) is 55.7 Å². The fraction of sp³-hybridized carbons (Fsp3) is 0.529. The van der Waals surface area contributed by atoms with Gasteiger partial charge in [0.15, 0.2) is 5.11 Å². The molecule has 0 aliphatic heterocycles. The SMILES string of the molecule is CCC(/C=N/NC(=S)NC1=CC(C)C=CC=C1)CC(C)C. The third-order valence-electron chi connectivity index (χ3n) is 3.25. The third-order valence-corrected chi connectivity index (χ3v) is 3.45. The first-order chi connectivity index (χ1) is 10.0. The number of allylic oxidation sites excluding steroid dienone is 5. The Bertz CT molecular complexity index is 447. The Kier molecular flexibility index (Phi) is 7.98. The molecule has 1 aliphatic rings. The molecule has 116 valence electrons. The van der Waals surface area contributed by atoms with E-state index in [0.717, 1.165) is 18.5 Å². The summed E-state index contributed by atoms with van der Waals surface area (Å²) in [7, 11) is 0. The van der Waals surface area contributed by atoms with Gasteiger partial charge in [0, 0.05) is 11.9 Å². The number of nitrogens with zero attached hydrogens (tertiary/aromatic N) is 1. The molecule has 4 heteroatoms. The topological polar surface area (TPSA) is 36.4 Å². The summed E-state index contributed by atoms with van der Waals surface area (Å²) < 4.78 is 0. The van der Waals surface area contributed by atoms with E-state index >= 15 is 0 Å². The summed E-state index contributed by atoms with van der Waals surface area (Å²) in [6, 6.07) is 0. The van der Waals surface area contributed by atoms with Crippen molar-refractivity contribution in [3.8, 4) is 0 Å². The molecule has 21 heavy (non-hydrogen) atoms. The molecule has 1 aliphatic carbocycles. The molecule has 0 amide bonds. The van der Waals surface area contributed by atoms with Crippen LogP contribution in [0.15, 0.2) is 41.2 Å². The van der Waals surface area contributed by atoms with Crippen LogP contribution in [0.5, 0.6) is 0 Å². The smallest absolute Gasteiger partial charge is 0.191 e. The lowest BCUT2D eigenvalue weighted by Gasteiger charge is -2.12. The molecule has 0 aromatic rings. The van der Waals surface area contributed by atoms with Gasteiger partial charge < -0.3 is 5.32 Å². The number of hydrogen-bond acceptors (Lipinski definition) is 2. The zero-order valence-corrected chi connectivity index (χ0v) is 14.3. The monoisotopic (exact) mass is 305 g/mol. The average Bonchev–Trinajstić information content (AvgIpc) is 2.61. The molecule has 0 spiro atoms. The molecule has 2 N–H and O–H groups in total. The van der Waals surface area contributed by atoms with Gasteiger partial charge in [-0.05, 0) is 48.9 Å². The van der Waals surface area contributed by atoms with E-state index in [4.69, 9.17) is 12.2 Å². The zero-order chi connectivity index (χ0) is 15.7. The maximum Gasteiger partial charge on any atom is 0.191 e. The Balaban J connectivity index is 2.43. The summed E-state index contributed by atoms with van der Waals surface area (Å²) >= 11 is 5.26. The standard InChI is InChI=1S/C17H27N3S/c1-5-15(10-13(2)3)12-18-20-17(21)19-16-9-7-6-8-14(4)11-16/h6-9,11-15H,5,10H2,1-4H3,(H2,19,20,21)/b18-12+. The molecule has 0 aromatic heterocycles. The van der Waals surface area contributed by atoms with E-state index in [0.29, 0.717) is 22.9 Å². The van der Waals surface area contributed by atoms with Gasteiger partial charge in [-0.15, -0.1) is 0 Å². The Morgan fingerprint density at radius 2 is 2.19 bits per heavy atom. The molecular formula is C17H27N3S. The van der Waals surface area contributed by atoms with Gasteiger partial charge in [-0.2, -0.15) is 5.10 Å². The first kappa shape index (κ1) is 17.6. The summed E-state index contributed by atoms with van der Waals surface area (Å²) in [6.07, 6.45) is 14.5. The Morgan fingerprint density at radius 3 is 2.86 bits per heavy atom. The molecule has 3 nitrogen and oxygen atoms in total. The number of hydrazone groups is 1. The van der Waals surface area contributed by atoms with E-state index in [1.54, 1.807) is 0 Å². The average molecular weight is 305 g/mol. The van der Waals surface area contributed by atoms with Crippen LogP contribution in [0, 0.1) is 17.8 Å². The molecule has 0 bridgehead atoms. The normalized spacial score (nSPS) is 19.5. The van der Waals surface area contributed by atoms with E-state index in [1.165, 1.54) is 0 Å². The Morgan fingerprint density at radius 1 is 1.43 bits per heavy atom. The minimum Gasteiger partial charge on any atom is -0.332 e. The van der Waals surface area contributed by atoms with Crippen LogP contribution in [0.2, 0.25) is 0 Å². The second-order valence-corrected chi connectivity index (χ2v) is 6.28. The number of thiocarbonyl (C=S) groups is 1. The van der Waals surface area contributed by atoms with Crippen LogP contribution in [0.25, 0.3) is 0 Å². The van der Waals surface area contributed by atoms with Gasteiger partial charge in [0.25, 0.3) is 0 Å². The van der Waals surface area contributed by atoms with Gasteiger partial charge in [0.05, 0.1) is 0 Å². The van der Waals surface area contributed by atoms with Gasteiger partial charge >= 0.3 is 0 Å². The molecule has 0 radical (unpaired) electrons. The summed E-state index contributed by atoms with van der Waals surface area (Å²) in [5.41, 5.74) is 3.89. The lowest BCUT2D eigenvalue weighted by molar-refractivity contribution is 0.491. The molecule has 0 aromatic carbocycles. The molecule has 0 saturated carbocycles. The largest absolute Gasteiger partial charge is 0.332 e. The van der Waals surface area contributed by atoms with Crippen LogP contribution in [0.1, 0.15) is 40.5 Å². The van der Waals surface area contributed by atoms with Gasteiger partial charge in [0.2, 0.25) is 0 Å². The van der Waals surface area contributed by atoms with Gasteiger partial charge in [-0.3, -0.25) is 5.43 Å². The van der Waals surface area contributed by atoms with Crippen molar-refractivity contribution < 1.29 is 0 Å². The van der Waals surface area contributed by atoms with Gasteiger partial charge in [-0.1, -0.05) is 52.0 Å². The lowest BCUT2D eigenvalue weighted by atomic mass is 9.96. The highest BCUT2D eigenvalue weighted by Gasteiger charge is 2.06. The van der Waals surface area contributed by atoms with Crippen molar-refractivity contribution in [1.29, 1.82) is 0 Å². The van der Waals surface area contributed by atoms with Crippen molar-refractivity contribution in [1.82, 2.24) is 10.7 Å². The van der Waals surface area contributed by atoms with Gasteiger partial charge in [0.1, 0.15) is 0 Å². The van der Waals surface area contributed by atoms with E-state index in [9.17, 15) is 0 Å².